The molecule has 4 nitrogen and oxygen atoms in total. The van der Waals surface area contributed by atoms with Gasteiger partial charge in [0.25, 0.3) is 0 Å². The molecule has 2 aromatic carbocycles. The lowest BCUT2D eigenvalue weighted by Gasteiger charge is -2.18. The maximum Gasteiger partial charge on any atom is 0.326 e. The molecule has 3 N–H and O–H groups in total. The number of amides is 2. The Hall–Kier alpha value is -2.20. The van der Waals surface area contributed by atoms with Crippen molar-refractivity contribution in [2.75, 3.05) is 23.0 Å². The van der Waals surface area contributed by atoms with Crippen molar-refractivity contribution in [1.29, 1.82) is 0 Å². The summed E-state index contributed by atoms with van der Waals surface area (Å²) in [5, 5.41) is 3.41. The van der Waals surface area contributed by atoms with E-state index >= 15 is 0 Å². The molecule has 2 amide bonds. The number of nitrogens with two attached hydrogens (primary N) is 1. The second kappa shape index (κ2) is 5.84. The number of rotatable bonds is 2. The fourth-order valence-corrected chi connectivity index (χ4v) is 1.91. The number of nitrogen functional groups attached to an aromatic ring is 1. The highest BCUT2D eigenvalue weighted by molar-refractivity contribution is 6.31. The van der Waals surface area contributed by atoms with Gasteiger partial charge in [0.15, 0.2) is 0 Å². The van der Waals surface area contributed by atoms with E-state index in [4.69, 9.17) is 17.3 Å². The van der Waals surface area contributed by atoms with Crippen LogP contribution >= 0.6 is 11.6 Å². The molecule has 0 aromatic heterocycles. The van der Waals surface area contributed by atoms with Gasteiger partial charge in [-0.3, -0.25) is 4.90 Å². The van der Waals surface area contributed by atoms with Crippen LogP contribution in [-0.2, 0) is 0 Å². The monoisotopic (exact) mass is 289 g/mol. The number of hydrogen-bond donors (Lipinski definition) is 2. The zero-order valence-electron chi connectivity index (χ0n) is 11.4. The molecule has 0 fully saturated rings. The summed E-state index contributed by atoms with van der Waals surface area (Å²) in [6.07, 6.45) is 0. The molecule has 5 heteroatoms. The van der Waals surface area contributed by atoms with Gasteiger partial charge in [0, 0.05) is 29.1 Å². The Labute approximate surface area is 123 Å². The minimum Gasteiger partial charge on any atom is -0.399 e. The molecular formula is C15H16ClN3O. The first kappa shape index (κ1) is 14.2. The first-order valence-electron chi connectivity index (χ1n) is 6.14. The lowest BCUT2D eigenvalue weighted by atomic mass is 10.2. The molecule has 0 radical (unpaired) electrons. The number of halogens is 1. The van der Waals surface area contributed by atoms with Gasteiger partial charge < -0.3 is 11.1 Å². The standard InChI is InChI=1S/C15H16ClN3O/c1-10-6-7-12(9-14(10)16)18-15(20)19(2)13-5-3-4-11(17)8-13/h3-9H,17H2,1-2H3,(H,18,20). The predicted octanol–water partition coefficient (Wildman–Crippen LogP) is 3.90. The predicted molar refractivity (Wildman–Crippen MR) is 84.5 cm³/mol. The maximum atomic E-state index is 12.2. The summed E-state index contributed by atoms with van der Waals surface area (Å²) in [7, 11) is 1.68. The molecule has 0 aliphatic carbocycles. The topological polar surface area (TPSA) is 58.4 Å². The Balaban J connectivity index is 2.13. The van der Waals surface area contributed by atoms with E-state index in [1.54, 1.807) is 31.3 Å². The third-order valence-electron chi connectivity index (χ3n) is 2.99. The van der Waals surface area contributed by atoms with E-state index in [2.05, 4.69) is 5.32 Å². The lowest BCUT2D eigenvalue weighted by Crippen LogP contribution is -2.31. The molecule has 0 spiro atoms. The van der Waals surface area contributed by atoms with Crippen molar-refractivity contribution in [2.24, 2.45) is 0 Å². The molecule has 0 aliphatic rings. The summed E-state index contributed by atoms with van der Waals surface area (Å²) in [6.45, 7) is 1.91. The van der Waals surface area contributed by atoms with Crippen LogP contribution in [0.5, 0.6) is 0 Å². The highest BCUT2D eigenvalue weighted by Crippen LogP contribution is 2.21. The van der Waals surface area contributed by atoms with Crippen LogP contribution in [0.1, 0.15) is 5.56 Å². The van der Waals surface area contributed by atoms with Gasteiger partial charge in [-0.1, -0.05) is 23.7 Å². The van der Waals surface area contributed by atoms with E-state index in [-0.39, 0.29) is 6.03 Å². The summed E-state index contributed by atoms with van der Waals surface area (Å²) >= 11 is 6.03. The lowest BCUT2D eigenvalue weighted by molar-refractivity contribution is 0.258. The Morgan fingerprint density at radius 3 is 2.65 bits per heavy atom. The van der Waals surface area contributed by atoms with E-state index < -0.39 is 0 Å². The summed E-state index contributed by atoms with van der Waals surface area (Å²) in [5.74, 6) is 0. The second-order valence-corrected chi connectivity index (χ2v) is 4.96. The van der Waals surface area contributed by atoms with Crippen LogP contribution in [0.25, 0.3) is 0 Å². The van der Waals surface area contributed by atoms with Gasteiger partial charge in [-0.2, -0.15) is 0 Å². The third-order valence-corrected chi connectivity index (χ3v) is 3.39. The molecule has 20 heavy (non-hydrogen) atoms. The molecule has 0 heterocycles. The number of nitrogens with one attached hydrogen (secondary N) is 1. The number of anilines is 3. The second-order valence-electron chi connectivity index (χ2n) is 4.55. The normalized spacial score (nSPS) is 10.2. The third kappa shape index (κ3) is 3.22. The van der Waals surface area contributed by atoms with Crippen molar-refractivity contribution in [3.8, 4) is 0 Å². The van der Waals surface area contributed by atoms with Gasteiger partial charge in [-0.25, -0.2) is 4.79 Å². The van der Waals surface area contributed by atoms with Gasteiger partial charge in [-0.05, 0) is 42.8 Å². The van der Waals surface area contributed by atoms with Crippen molar-refractivity contribution < 1.29 is 4.79 Å². The fourth-order valence-electron chi connectivity index (χ4n) is 1.73. The van der Waals surface area contributed by atoms with Crippen LogP contribution in [0, 0.1) is 6.92 Å². The zero-order chi connectivity index (χ0) is 14.7. The number of carbonyl (C=O) groups is 1. The molecule has 2 rings (SSSR count). The Kier molecular flexibility index (Phi) is 4.15. The van der Waals surface area contributed by atoms with Crippen LogP contribution in [0.2, 0.25) is 5.02 Å². The van der Waals surface area contributed by atoms with Gasteiger partial charge in [0.1, 0.15) is 0 Å². The number of hydrogen-bond acceptors (Lipinski definition) is 2. The molecule has 0 atom stereocenters. The highest BCUT2D eigenvalue weighted by atomic mass is 35.5. The van der Waals surface area contributed by atoms with Gasteiger partial charge >= 0.3 is 6.03 Å². The number of carbonyl (C=O) groups excluding carboxylic acids is 1. The minimum atomic E-state index is -0.254. The smallest absolute Gasteiger partial charge is 0.326 e. The Morgan fingerprint density at radius 2 is 2.00 bits per heavy atom. The average Bonchev–Trinajstić information content (AvgIpc) is 2.42. The van der Waals surface area contributed by atoms with Crippen LogP contribution in [-0.4, -0.2) is 13.1 Å². The Morgan fingerprint density at radius 1 is 1.25 bits per heavy atom. The molecule has 0 saturated heterocycles. The van der Waals surface area contributed by atoms with Gasteiger partial charge in [-0.15, -0.1) is 0 Å². The molecule has 2 aromatic rings. The van der Waals surface area contributed by atoms with Crippen LogP contribution in [0.3, 0.4) is 0 Å². The van der Waals surface area contributed by atoms with Gasteiger partial charge in [0.2, 0.25) is 0 Å². The first-order chi connectivity index (χ1) is 9.47. The maximum absolute atomic E-state index is 12.2. The average molecular weight is 290 g/mol. The molecule has 0 aliphatic heterocycles. The molecule has 104 valence electrons. The minimum absolute atomic E-state index is 0.254. The molecular weight excluding hydrogens is 274 g/mol. The SMILES string of the molecule is Cc1ccc(NC(=O)N(C)c2cccc(N)c2)cc1Cl. The van der Waals surface area contributed by atoms with Gasteiger partial charge in [0.05, 0.1) is 0 Å². The van der Waals surface area contributed by atoms with Crippen molar-refractivity contribution in [2.45, 2.75) is 6.92 Å². The summed E-state index contributed by atoms with van der Waals surface area (Å²) in [4.78, 5) is 13.6. The largest absolute Gasteiger partial charge is 0.399 e. The number of nitrogens with zero attached hydrogens (tertiary/aromatic N) is 1. The Bertz CT molecular complexity index is 643. The van der Waals surface area contributed by atoms with Crippen LogP contribution in [0.15, 0.2) is 42.5 Å². The van der Waals surface area contributed by atoms with Crippen molar-refractivity contribution in [3.05, 3.63) is 53.1 Å². The summed E-state index contributed by atoms with van der Waals surface area (Å²) in [6, 6.07) is 12.3. The van der Waals surface area contributed by atoms with E-state index in [0.29, 0.717) is 16.4 Å². The van der Waals surface area contributed by atoms with E-state index in [1.807, 2.05) is 25.1 Å². The molecule has 0 bridgehead atoms. The van der Waals surface area contributed by atoms with Crippen LogP contribution in [0.4, 0.5) is 21.9 Å². The quantitative estimate of drug-likeness (QED) is 0.824. The first-order valence-corrected chi connectivity index (χ1v) is 6.51. The van der Waals surface area contributed by atoms with E-state index in [9.17, 15) is 4.79 Å². The number of benzene rings is 2. The van der Waals surface area contributed by atoms with Crippen molar-refractivity contribution in [3.63, 3.8) is 0 Å². The number of aryl methyl sites for hydroxylation is 1. The fraction of sp³-hybridized carbons (Fsp3) is 0.133. The van der Waals surface area contributed by atoms with Crippen molar-refractivity contribution >= 4 is 34.7 Å². The highest BCUT2D eigenvalue weighted by Gasteiger charge is 2.11. The van der Waals surface area contributed by atoms with Crippen LogP contribution < -0.4 is 16.0 Å². The summed E-state index contributed by atoms with van der Waals surface area (Å²) < 4.78 is 0. The van der Waals surface area contributed by atoms with E-state index in [0.717, 1.165) is 11.3 Å². The number of urea groups is 1. The molecule has 0 unspecified atom stereocenters. The summed E-state index contributed by atoms with van der Waals surface area (Å²) in [5.41, 5.74) is 8.66. The van der Waals surface area contributed by atoms with E-state index in [1.165, 1.54) is 4.90 Å². The molecule has 0 saturated carbocycles. The zero-order valence-corrected chi connectivity index (χ0v) is 12.1. The van der Waals surface area contributed by atoms with Crippen molar-refractivity contribution in [1.82, 2.24) is 0 Å².